The van der Waals surface area contributed by atoms with Crippen LogP contribution >= 0.6 is 0 Å². The van der Waals surface area contributed by atoms with Gasteiger partial charge in [-0.3, -0.25) is 0 Å². The van der Waals surface area contributed by atoms with Gasteiger partial charge in [0, 0.05) is 25.7 Å². The molecule has 0 aromatic carbocycles. The van der Waals surface area contributed by atoms with Crippen LogP contribution in [-0.4, -0.2) is 38.4 Å². The summed E-state index contributed by atoms with van der Waals surface area (Å²) in [6.45, 7) is 3.65. The van der Waals surface area contributed by atoms with Gasteiger partial charge in [0.05, 0.1) is 0 Å². The van der Waals surface area contributed by atoms with Gasteiger partial charge in [-0.25, -0.2) is 4.72 Å². The first-order chi connectivity index (χ1) is 7.06. The molecule has 1 saturated heterocycles. The topological polar surface area (TPSA) is 75.4 Å². The molecule has 0 radical (unpaired) electrons. The Labute approximate surface area is 92.2 Å². The SMILES string of the molecule is CCCC(N)CNS(=O)(=O)N1CCCC1. The molecule has 0 aromatic heterocycles. The predicted molar refractivity (Wildman–Crippen MR) is 60.6 cm³/mol. The Morgan fingerprint density at radius 1 is 1.40 bits per heavy atom. The Kier molecular flexibility index (Phi) is 4.98. The average molecular weight is 235 g/mol. The fourth-order valence-electron chi connectivity index (χ4n) is 1.70. The quantitative estimate of drug-likeness (QED) is 0.683. The second-order valence-electron chi connectivity index (χ2n) is 4.01. The number of nitrogens with zero attached hydrogens (tertiary/aromatic N) is 1. The molecule has 15 heavy (non-hydrogen) atoms. The van der Waals surface area contributed by atoms with Gasteiger partial charge >= 0.3 is 0 Å². The maximum Gasteiger partial charge on any atom is 0.279 e. The van der Waals surface area contributed by atoms with Crippen molar-refractivity contribution in [3.05, 3.63) is 0 Å². The van der Waals surface area contributed by atoms with Crippen LogP contribution in [0.25, 0.3) is 0 Å². The van der Waals surface area contributed by atoms with Crippen LogP contribution < -0.4 is 10.5 Å². The van der Waals surface area contributed by atoms with Crippen LogP contribution in [0.15, 0.2) is 0 Å². The number of hydrogen-bond donors (Lipinski definition) is 2. The first-order valence-electron chi connectivity index (χ1n) is 5.56. The summed E-state index contributed by atoms with van der Waals surface area (Å²) in [6.07, 6.45) is 3.75. The van der Waals surface area contributed by atoms with Crippen LogP contribution in [0.2, 0.25) is 0 Å². The molecule has 1 rings (SSSR count). The highest BCUT2D eigenvalue weighted by molar-refractivity contribution is 7.87. The van der Waals surface area contributed by atoms with E-state index >= 15 is 0 Å². The molecule has 5 nitrogen and oxygen atoms in total. The van der Waals surface area contributed by atoms with Crippen LogP contribution in [0.1, 0.15) is 32.6 Å². The molecular formula is C9H21N3O2S. The molecule has 90 valence electrons. The lowest BCUT2D eigenvalue weighted by atomic mass is 10.2. The van der Waals surface area contributed by atoms with Gasteiger partial charge in [0.25, 0.3) is 10.2 Å². The molecule has 0 amide bonds. The molecule has 0 spiro atoms. The normalized spacial score (nSPS) is 20.7. The van der Waals surface area contributed by atoms with Crippen molar-refractivity contribution in [2.75, 3.05) is 19.6 Å². The van der Waals surface area contributed by atoms with Crippen molar-refractivity contribution in [1.82, 2.24) is 9.03 Å². The van der Waals surface area contributed by atoms with Gasteiger partial charge in [0.15, 0.2) is 0 Å². The van der Waals surface area contributed by atoms with E-state index in [9.17, 15) is 8.42 Å². The van der Waals surface area contributed by atoms with Crippen molar-refractivity contribution in [3.8, 4) is 0 Å². The Balaban J connectivity index is 2.35. The lowest BCUT2D eigenvalue weighted by Crippen LogP contribution is -2.44. The lowest BCUT2D eigenvalue weighted by Gasteiger charge is -2.18. The lowest BCUT2D eigenvalue weighted by molar-refractivity contribution is 0.458. The van der Waals surface area contributed by atoms with Crippen LogP contribution in [0.5, 0.6) is 0 Å². The van der Waals surface area contributed by atoms with Crippen molar-refractivity contribution < 1.29 is 8.42 Å². The fraction of sp³-hybridized carbons (Fsp3) is 1.00. The van der Waals surface area contributed by atoms with Gasteiger partial charge in [-0.1, -0.05) is 13.3 Å². The van der Waals surface area contributed by atoms with Crippen molar-refractivity contribution in [2.45, 2.75) is 38.6 Å². The fourth-order valence-corrected chi connectivity index (χ4v) is 3.05. The molecule has 6 heteroatoms. The Hall–Kier alpha value is -0.170. The smallest absolute Gasteiger partial charge is 0.279 e. The van der Waals surface area contributed by atoms with Gasteiger partial charge in [0.1, 0.15) is 0 Å². The van der Waals surface area contributed by atoms with Crippen LogP contribution in [0, 0.1) is 0 Å². The van der Waals surface area contributed by atoms with E-state index in [2.05, 4.69) is 4.72 Å². The predicted octanol–water partition coefficient (Wildman–Crippen LogP) is 0.0440. The highest BCUT2D eigenvalue weighted by Gasteiger charge is 2.24. The second kappa shape index (κ2) is 5.79. The number of rotatable bonds is 6. The molecule has 1 fully saturated rings. The second-order valence-corrected chi connectivity index (χ2v) is 5.76. The van der Waals surface area contributed by atoms with E-state index in [1.54, 1.807) is 0 Å². The maximum absolute atomic E-state index is 11.7. The van der Waals surface area contributed by atoms with E-state index in [0.29, 0.717) is 19.6 Å². The average Bonchev–Trinajstić information content (AvgIpc) is 2.69. The molecule has 1 aliphatic rings. The zero-order chi connectivity index (χ0) is 11.3. The van der Waals surface area contributed by atoms with E-state index < -0.39 is 10.2 Å². The first kappa shape index (κ1) is 12.9. The monoisotopic (exact) mass is 235 g/mol. The van der Waals surface area contributed by atoms with Gasteiger partial charge < -0.3 is 5.73 Å². The third kappa shape index (κ3) is 4.06. The molecular weight excluding hydrogens is 214 g/mol. The molecule has 0 aromatic rings. The van der Waals surface area contributed by atoms with E-state index in [1.807, 2.05) is 6.92 Å². The Bertz CT molecular complexity index is 273. The summed E-state index contributed by atoms with van der Waals surface area (Å²) in [6, 6.07) is -0.0765. The molecule has 3 N–H and O–H groups in total. The minimum atomic E-state index is -3.27. The Morgan fingerprint density at radius 3 is 2.53 bits per heavy atom. The zero-order valence-corrected chi connectivity index (χ0v) is 10.1. The maximum atomic E-state index is 11.7. The van der Waals surface area contributed by atoms with E-state index in [1.165, 1.54) is 4.31 Å². The van der Waals surface area contributed by atoms with Crippen molar-refractivity contribution >= 4 is 10.2 Å². The third-order valence-electron chi connectivity index (χ3n) is 2.59. The highest BCUT2D eigenvalue weighted by Crippen LogP contribution is 2.10. The summed E-state index contributed by atoms with van der Waals surface area (Å²) in [7, 11) is -3.27. The zero-order valence-electron chi connectivity index (χ0n) is 9.28. The molecule has 1 heterocycles. The summed E-state index contributed by atoms with van der Waals surface area (Å²) in [5, 5.41) is 0. The largest absolute Gasteiger partial charge is 0.327 e. The number of hydrogen-bond acceptors (Lipinski definition) is 3. The van der Waals surface area contributed by atoms with E-state index in [0.717, 1.165) is 25.7 Å². The third-order valence-corrected chi connectivity index (χ3v) is 4.17. The van der Waals surface area contributed by atoms with Crippen LogP contribution in [0.4, 0.5) is 0 Å². The Morgan fingerprint density at radius 2 is 2.00 bits per heavy atom. The van der Waals surface area contributed by atoms with Gasteiger partial charge in [0.2, 0.25) is 0 Å². The minimum Gasteiger partial charge on any atom is -0.327 e. The summed E-state index contributed by atoms with van der Waals surface area (Å²) in [4.78, 5) is 0. The molecule has 1 unspecified atom stereocenters. The number of nitrogens with two attached hydrogens (primary N) is 1. The van der Waals surface area contributed by atoms with Gasteiger partial charge in [-0.05, 0) is 19.3 Å². The molecule has 1 atom stereocenters. The van der Waals surface area contributed by atoms with Crippen molar-refractivity contribution in [2.24, 2.45) is 5.73 Å². The molecule has 0 saturated carbocycles. The minimum absolute atomic E-state index is 0.0765. The molecule has 1 aliphatic heterocycles. The molecule has 0 bridgehead atoms. The number of nitrogens with one attached hydrogen (secondary N) is 1. The van der Waals surface area contributed by atoms with Crippen LogP contribution in [0.3, 0.4) is 0 Å². The summed E-state index contributed by atoms with van der Waals surface area (Å²) in [5.74, 6) is 0. The first-order valence-corrected chi connectivity index (χ1v) is 7.00. The molecule has 0 aliphatic carbocycles. The summed E-state index contributed by atoms with van der Waals surface area (Å²) >= 11 is 0. The van der Waals surface area contributed by atoms with Gasteiger partial charge in [-0.2, -0.15) is 12.7 Å². The standard InChI is InChI=1S/C9H21N3O2S/c1-2-5-9(10)8-11-15(13,14)12-6-3-4-7-12/h9,11H,2-8,10H2,1H3. The summed E-state index contributed by atoms with van der Waals surface area (Å²) < 4.78 is 27.5. The van der Waals surface area contributed by atoms with Crippen LogP contribution in [-0.2, 0) is 10.2 Å². The highest BCUT2D eigenvalue weighted by atomic mass is 32.2. The van der Waals surface area contributed by atoms with Crippen molar-refractivity contribution in [1.29, 1.82) is 0 Å². The van der Waals surface area contributed by atoms with Gasteiger partial charge in [-0.15, -0.1) is 0 Å². The van der Waals surface area contributed by atoms with Crippen molar-refractivity contribution in [3.63, 3.8) is 0 Å². The van der Waals surface area contributed by atoms with E-state index in [-0.39, 0.29) is 6.04 Å². The van der Waals surface area contributed by atoms with E-state index in [4.69, 9.17) is 5.73 Å². The summed E-state index contributed by atoms with van der Waals surface area (Å²) in [5.41, 5.74) is 5.74.